The van der Waals surface area contributed by atoms with E-state index in [9.17, 15) is 17.6 Å². The van der Waals surface area contributed by atoms with Crippen molar-refractivity contribution in [3.8, 4) is 0 Å². The molecule has 2 aromatic rings. The van der Waals surface area contributed by atoms with E-state index in [1.54, 1.807) is 0 Å². The van der Waals surface area contributed by atoms with Crippen LogP contribution in [0.15, 0.2) is 42.5 Å². The van der Waals surface area contributed by atoms with Gasteiger partial charge in [-0.3, -0.25) is 9.10 Å². The van der Waals surface area contributed by atoms with Crippen LogP contribution in [0.5, 0.6) is 0 Å². The van der Waals surface area contributed by atoms with E-state index >= 15 is 0 Å². The van der Waals surface area contributed by atoms with E-state index in [1.165, 1.54) is 24.3 Å². The fourth-order valence-electron chi connectivity index (χ4n) is 2.38. The van der Waals surface area contributed by atoms with Crippen molar-refractivity contribution in [2.45, 2.75) is 20.3 Å². The first-order valence-corrected chi connectivity index (χ1v) is 9.62. The molecule has 5 nitrogen and oxygen atoms in total. The van der Waals surface area contributed by atoms with Crippen LogP contribution >= 0.6 is 0 Å². The maximum atomic E-state index is 13.0. The summed E-state index contributed by atoms with van der Waals surface area (Å²) in [6.45, 7) is 3.78. The van der Waals surface area contributed by atoms with Crippen molar-refractivity contribution in [1.29, 1.82) is 0 Å². The Balaban J connectivity index is 2.09. The largest absolute Gasteiger partial charge is 0.326 e. The van der Waals surface area contributed by atoms with Crippen LogP contribution in [0, 0.1) is 19.7 Å². The van der Waals surface area contributed by atoms with Gasteiger partial charge in [-0.15, -0.1) is 0 Å². The number of hydrogen-bond donors (Lipinski definition) is 1. The Bertz CT molecular complexity index is 864. The predicted octanol–water partition coefficient (Wildman–Crippen LogP) is 3.24. The summed E-state index contributed by atoms with van der Waals surface area (Å²) in [5.41, 5.74) is 2.98. The highest BCUT2D eigenvalue weighted by molar-refractivity contribution is 7.92. The first-order valence-electron chi connectivity index (χ1n) is 7.77. The number of sulfonamides is 1. The number of carbonyl (C=O) groups excluding carboxylic acids is 1. The number of aryl methyl sites for hydroxylation is 2. The number of hydrogen-bond acceptors (Lipinski definition) is 3. The van der Waals surface area contributed by atoms with Gasteiger partial charge in [0.25, 0.3) is 0 Å². The second-order valence-corrected chi connectivity index (χ2v) is 7.83. The molecule has 2 aromatic carbocycles. The zero-order valence-corrected chi connectivity index (χ0v) is 15.2. The molecule has 0 atom stereocenters. The maximum absolute atomic E-state index is 13.0. The topological polar surface area (TPSA) is 66.5 Å². The molecule has 1 amide bonds. The first-order chi connectivity index (χ1) is 11.7. The lowest BCUT2D eigenvalue weighted by atomic mass is 10.1. The summed E-state index contributed by atoms with van der Waals surface area (Å²) in [7, 11) is -3.58. The number of carbonyl (C=O) groups is 1. The molecule has 0 heterocycles. The van der Waals surface area contributed by atoms with E-state index in [2.05, 4.69) is 5.32 Å². The number of benzene rings is 2. The first kappa shape index (κ1) is 18.9. The van der Waals surface area contributed by atoms with E-state index < -0.39 is 15.8 Å². The van der Waals surface area contributed by atoms with Crippen LogP contribution in [0.3, 0.4) is 0 Å². The number of anilines is 2. The zero-order chi connectivity index (χ0) is 18.6. The molecule has 0 saturated heterocycles. The molecule has 0 aliphatic rings. The van der Waals surface area contributed by atoms with E-state index in [1.807, 2.05) is 32.0 Å². The highest BCUT2D eigenvalue weighted by Crippen LogP contribution is 2.19. The lowest BCUT2D eigenvalue weighted by molar-refractivity contribution is -0.116. The summed E-state index contributed by atoms with van der Waals surface area (Å²) < 4.78 is 38.1. The lowest BCUT2D eigenvalue weighted by Gasteiger charge is -2.22. The molecule has 2 rings (SSSR count). The summed E-state index contributed by atoms with van der Waals surface area (Å²) in [5, 5.41) is 2.80. The minimum absolute atomic E-state index is 0.0160. The Morgan fingerprint density at radius 1 is 1.12 bits per heavy atom. The van der Waals surface area contributed by atoms with Gasteiger partial charge in [-0.1, -0.05) is 12.1 Å². The number of nitrogens with one attached hydrogen (secondary N) is 1. The monoisotopic (exact) mass is 364 g/mol. The van der Waals surface area contributed by atoms with Crippen molar-refractivity contribution in [2.24, 2.45) is 0 Å². The van der Waals surface area contributed by atoms with Gasteiger partial charge in [0.05, 0.1) is 11.9 Å². The van der Waals surface area contributed by atoms with Crippen molar-refractivity contribution in [2.75, 3.05) is 22.4 Å². The SMILES string of the molecule is Cc1ccc(C)c(NC(=O)CCN(c2ccc(F)cc2)S(C)(=O)=O)c1. The zero-order valence-electron chi connectivity index (χ0n) is 14.4. The van der Waals surface area contributed by atoms with Crippen LogP contribution in [-0.4, -0.2) is 27.1 Å². The second-order valence-electron chi connectivity index (χ2n) is 5.93. The summed E-state index contributed by atoms with van der Waals surface area (Å²) in [6, 6.07) is 10.8. The third-order valence-corrected chi connectivity index (χ3v) is 4.92. The quantitative estimate of drug-likeness (QED) is 0.856. The summed E-state index contributed by atoms with van der Waals surface area (Å²) in [4.78, 5) is 12.2. The Morgan fingerprint density at radius 3 is 2.36 bits per heavy atom. The molecule has 0 bridgehead atoms. The Hall–Kier alpha value is -2.41. The normalized spacial score (nSPS) is 11.2. The van der Waals surface area contributed by atoms with Gasteiger partial charge in [-0.05, 0) is 55.3 Å². The molecule has 134 valence electrons. The molecule has 0 radical (unpaired) electrons. The summed E-state index contributed by atoms with van der Waals surface area (Å²) in [5.74, 6) is -0.741. The molecule has 0 aliphatic carbocycles. The van der Waals surface area contributed by atoms with Gasteiger partial charge in [-0.2, -0.15) is 0 Å². The van der Waals surface area contributed by atoms with E-state index in [4.69, 9.17) is 0 Å². The van der Waals surface area contributed by atoms with Gasteiger partial charge in [0.1, 0.15) is 5.82 Å². The van der Waals surface area contributed by atoms with Gasteiger partial charge in [0.15, 0.2) is 0 Å². The number of nitrogens with zero attached hydrogens (tertiary/aromatic N) is 1. The van der Waals surface area contributed by atoms with Crippen LogP contribution in [0.2, 0.25) is 0 Å². The van der Waals surface area contributed by atoms with Crippen LogP contribution < -0.4 is 9.62 Å². The highest BCUT2D eigenvalue weighted by Gasteiger charge is 2.19. The van der Waals surface area contributed by atoms with Gasteiger partial charge in [-0.25, -0.2) is 12.8 Å². The lowest BCUT2D eigenvalue weighted by Crippen LogP contribution is -2.33. The van der Waals surface area contributed by atoms with Gasteiger partial charge >= 0.3 is 0 Å². The molecule has 0 unspecified atom stereocenters. The summed E-state index contributed by atoms with van der Waals surface area (Å²) in [6.07, 6.45) is 1.04. The van der Waals surface area contributed by atoms with Crippen LogP contribution in [0.1, 0.15) is 17.5 Å². The molecular formula is C18H21FN2O3S. The van der Waals surface area contributed by atoms with Crippen LogP contribution in [-0.2, 0) is 14.8 Å². The van der Waals surface area contributed by atoms with Gasteiger partial charge < -0.3 is 5.32 Å². The molecule has 7 heteroatoms. The smallest absolute Gasteiger partial charge is 0.232 e. The van der Waals surface area contributed by atoms with Gasteiger partial charge in [0.2, 0.25) is 15.9 Å². The molecular weight excluding hydrogens is 343 g/mol. The molecule has 0 aliphatic heterocycles. The third kappa shape index (κ3) is 5.29. The molecule has 0 spiro atoms. The third-order valence-electron chi connectivity index (χ3n) is 3.72. The van der Waals surface area contributed by atoms with Crippen molar-refractivity contribution >= 4 is 27.3 Å². The minimum atomic E-state index is -3.58. The second kappa shape index (κ2) is 7.65. The van der Waals surface area contributed by atoms with Crippen molar-refractivity contribution < 1.29 is 17.6 Å². The Labute approximate surface area is 147 Å². The van der Waals surface area contributed by atoms with E-state index in [0.717, 1.165) is 21.7 Å². The average molecular weight is 364 g/mol. The van der Waals surface area contributed by atoms with Crippen molar-refractivity contribution in [3.05, 3.63) is 59.4 Å². The average Bonchev–Trinajstić information content (AvgIpc) is 2.51. The van der Waals surface area contributed by atoms with E-state index in [-0.39, 0.29) is 18.9 Å². The predicted molar refractivity (Wildman–Crippen MR) is 97.8 cm³/mol. The molecule has 0 aromatic heterocycles. The number of rotatable bonds is 6. The standard InChI is InChI=1S/C18H21FN2O3S/c1-13-4-5-14(2)17(12-13)20-18(22)10-11-21(25(3,23)24)16-8-6-15(19)7-9-16/h4-9,12H,10-11H2,1-3H3,(H,20,22). The van der Waals surface area contributed by atoms with Crippen LogP contribution in [0.4, 0.5) is 15.8 Å². The van der Waals surface area contributed by atoms with Crippen LogP contribution in [0.25, 0.3) is 0 Å². The fraction of sp³-hybridized carbons (Fsp3) is 0.278. The van der Waals surface area contributed by atoms with E-state index in [0.29, 0.717) is 11.4 Å². The highest BCUT2D eigenvalue weighted by atomic mass is 32.2. The summed E-state index contributed by atoms with van der Waals surface area (Å²) >= 11 is 0. The molecule has 0 fully saturated rings. The molecule has 0 saturated carbocycles. The van der Waals surface area contributed by atoms with Gasteiger partial charge in [0, 0.05) is 18.7 Å². The maximum Gasteiger partial charge on any atom is 0.232 e. The molecule has 1 N–H and O–H groups in total. The molecule has 25 heavy (non-hydrogen) atoms. The minimum Gasteiger partial charge on any atom is -0.326 e. The fourth-order valence-corrected chi connectivity index (χ4v) is 3.31. The van der Waals surface area contributed by atoms with Crippen molar-refractivity contribution in [3.63, 3.8) is 0 Å². The van der Waals surface area contributed by atoms with Crippen molar-refractivity contribution in [1.82, 2.24) is 0 Å². The Kier molecular flexibility index (Phi) is 5.79. The number of amides is 1. The Morgan fingerprint density at radius 2 is 1.76 bits per heavy atom. The number of halogens is 1.